The van der Waals surface area contributed by atoms with Gasteiger partial charge in [0.1, 0.15) is 5.69 Å². The van der Waals surface area contributed by atoms with Crippen molar-refractivity contribution >= 4 is 46.6 Å². The van der Waals surface area contributed by atoms with Crippen molar-refractivity contribution in [3.8, 4) is 0 Å². The summed E-state index contributed by atoms with van der Waals surface area (Å²) in [6.07, 6.45) is 4.57. The average Bonchev–Trinajstić information content (AvgIpc) is 2.68. The van der Waals surface area contributed by atoms with Crippen LogP contribution in [0.5, 0.6) is 0 Å². The van der Waals surface area contributed by atoms with Crippen LogP contribution in [0.15, 0.2) is 12.3 Å². The van der Waals surface area contributed by atoms with E-state index < -0.39 is 15.5 Å². The normalized spacial score (nSPS) is 16.0. The van der Waals surface area contributed by atoms with Gasteiger partial charge in [0.2, 0.25) is 5.78 Å². The summed E-state index contributed by atoms with van der Waals surface area (Å²) < 4.78 is 4.41. The molecule has 0 bridgehead atoms. The minimum atomic E-state index is -2.03. The van der Waals surface area contributed by atoms with Crippen LogP contribution in [-0.2, 0) is 4.74 Å². The topological polar surface area (TPSA) is 48.3 Å². The van der Waals surface area contributed by atoms with Crippen LogP contribution >= 0.6 is 34.8 Å². The second-order valence-corrected chi connectivity index (χ2v) is 6.71. The fourth-order valence-electron chi connectivity index (χ4n) is 2.00. The largest absolute Gasteiger partial charge is 0.464 e. The van der Waals surface area contributed by atoms with Crippen LogP contribution in [0.3, 0.4) is 0 Å². The number of hydrogen-bond donors (Lipinski definition) is 0. The number of ketones is 1. The molecule has 1 aromatic heterocycles. The molecular formula is C12H12Cl3NO3. The third-order valence-electron chi connectivity index (χ3n) is 3.23. The van der Waals surface area contributed by atoms with Crippen LogP contribution in [-0.4, -0.2) is 27.2 Å². The predicted octanol–water partition coefficient (Wildman–Crippen LogP) is 3.55. The molecule has 1 aliphatic rings. The number of aromatic nitrogens is 1. The minimum Gasteiger partial charge on any atom is -0.464 e. The van der Waals surface area contributed by atoms with E-state index in [0.717, 1.165) is 19.3 Å². The highest BCUT2D eigenvalue weighted by atomic mass is 35.6. The van der Waals surface area contributed by atoms with Gasteiger partial charge in [-0.25, -0.2) is 4.79 Å². The first-order chi connectivity index (χ1) is 8.84. The van der Waals surface area contributed by atoms with E-state index in [-0.39, 0.29) is 11.6 Å². The van der Waals surface area contributed by atoms with Crippen molar-refractivity contribution in [2.75, 3.05) is 7.11 Å². The van der Waals surface area contributed by atoms with Gasteiger partial charge >= 0.3 is 5.97 Å². The van der Waals surface area contributed by atoms with Crippen molar-refractivity contribution in [3.05, 3.63) is 23.5 Å². The van der Waals surface area contributed by atoms with Crippen molar-refractivity contribution in [1.82, 2.24) is 4.57 Å². The highest BCUT2D eigenvalue weighted by molar-refractivity contribution is 6.77. The summed E-state index contributed by atoms with van der Waals surface area (Å²) in [6, 6.07) is 1.61. The Hall–Kier alpha value is -0.710. The summed E-state index contributed by atoms with van der Waals surface area (Å²) in [5.41, 5.74) is 0.511. The van der Waals surface area contributed by atoms with Crippen molar-refractivity contribution in [1.29, 1.82) is 0 Å². The van der Waals surface area contributed by atoms with Crippen molar-refractivity contribution in [2.24, 2.45) is 0 Å². The molecule has 1 saturated carbocycles. The molecule has 0 aromatic carbocycles. The lowest BCUT2D eigenvalue weighted by Crippen LogP contribution is -2.21. The summed E-state index contributed by atoms with van der Waals surface area (Å²) >= 11 is 16.7. The van der Waals surface area contributed by atoms with E-state index in [1.54, 1.807) is 10.8 Å². The second-order valence-electron chi connectivity index (χ2n) is 4.42. The van der Waals surface area contributed by atoms with Crippen molar-refractivity contribution in [2.45, 2.75) is 29.1 Å². The molecule has 4 nitrogen and oxygen atoms in total. The Labute approximate surface area is 125 Å². The zero-order valence-electron chi connectivity index (χ0n) is 10.2. The Bertz CT molecular complexity index is 515. The van der Waals surface area contributed by atoms with Crippen LogP contribution in [0.25, 0.3) is 0 Å². The fraction of sp³-hybridized carbons (Fsp3) is 0.500. The molecule has 1 aliphatic carbocycles. The summed E-state index contributed by atoms with van der Waals surface area (Å²) in [6.45, 7) is 0. The maximum atomic E-state index is 11.9. The third kappa shape index (κ3) is 2.91. The zero-order chi connectivity index (χ0) is 14.2. The quantitative estimate of drug-likeness (QED) is 0.485. The minimum absolute atomic E-state index is 0.200. The van der Waals surface area contributed by atoms with Gasteiger partial charge in [0.15, 0.2) is 0 Å². The van der Waals surface area contributed by atoms with Crippen LogP contribution in [0.1, 0.15) is 46.2 Å². The van der Waals surface area contributed by atoms with E-state index >= 15 is 0 Å². The second kappa shape index (κ2) is 5.35. The molecule has 0 amide bonds. The Morgan fingerprint density at radius 3 is 2.42 bits per heavy atom. The number of methoxy groups -OCH3 is 1. The van der Waals surface area contributed by atoms with Gasteiger partial charge in [0.25, 0.3) is 3.79 Å². The third-order valence-corrected chi connectivity index (χ3v) is 3.75. The number of esters is 1. The van der Waals surface area contributed by atoms with E-state index in [1.165, 1.54) is 13.2 Å². The smallest absolute Gasteiger partial charge is 0.354 e. The van der Waals surface area contributed by atoms with E-state index in [1.807, 2.05) is 0 Å². The Morgan fingerprint density at radius 2 is 2.00 bits per heavy atom. The highest BCUT2D eigenvalue weighted by Crippen LogP contribution is 2.36. The molecule has 0 radical (unpaired) electrons. The van der Waals surface area contributed by atoms with Crippen molar-refractivity contribution < 1.29 is 14.3 Å². The van der Waals surface area contributed by atoms with Gasteiger partial charge in [-0.15, -0.1) is 0 Å². The Kier molecular flexibility index (Phi) is 4.14. The predicted molar refractivity (Wildman–Crippen MR) is 73.3 cm³/mol. The maximum absolute atomic E-state index is 11.9. The summed E-state index contributed by atoms with van der Waals surface area (Å²) in [4.78, 5) is 23.6. The van der Waals surface area contributed by atoms with Gasteiger partial charge < -0.3 is 9.30 Å². The molecule has 7 heteroatoms. The molecule has 1 heterocycles. The first kappa shape index (κ1) is 14.7. The molecule has 0 N–H and O–H groups in total. The summed E-state index contributed by atoms with van der Waals surface area (Å²) in [5, 5.41) is 0. The number of ether oxygens (including phenoxy) is 1. The molecule has 0 spiro atoms. The van der Waals surface area contributed by atoms with Crippen molar-refractivity contribution in [3.63, 3.8) is 0 Å². The van der Waals surface area contributed by atoms with Gasteiger partial charge in [-0.2, -0.15) is 0 Å². The van der Waals surface area contributed by atoms with Gasteiger partial charge in [-0.05, 0) is 25.3 Å². The fourth-order valence-corrected chi connectivity index (χ4v) is 2.33. The number of rotatable bonds is 3. The van der Waals surface area contributed by atoms with E-state index in [0.29, 0.717) is 5.69 Å². The summed E-state index contributed by atoms with van der Waals surface area (Å²) in [7, 11) is 1.29. The highest BCUT2D eigenvalue weighted by Gasteiger charge is 2.34. The van der Waals surface area contributed by atoms with Gasteiger partial charge in [-0.1, -0.05) is 34.8 Å². The number of alkyl halides is 3. The standard InChI is InChI=1S/C12H12Cl3NO3/c1-19-11(18)9-5-7(10(17)12(13,14)15)6-16(9)8-3-2-4-8/h5-6,8H,2-4H2,1H3. The van der Waals surface area contributed by atoms with Gasteiger partial charge in [0.05, 0.1) is 7.11 Å². The van der Waals surface area contributed by atoms with Crippen LogP contribution in [0.4, 0.5) is 0 Å². The number of hydrogen-bond acceptors (Lipinski definition) is 3. The van der Waals surface area contributed by atoms with E-state index in [4.69, 9.17) is 39.5 Å². The molecule has 0 aliphatic heterocycles. The number of carbonyl (C=O) groups excluding carboxylic acids is 2. The Morgan fingerprint density at radius 1 is 1.37 bits per heavy atom. The van der Waals surface area contributed by atoms with E-state index in [9.17, 15) is 9.59 Å². The SMILES string of the molecule is COC(=O)c1cc(C(=O)C(Cl)(Cl)Cl)cn1C1CCC1. The average molecular weight is 325 g/mol. The molecule has 104 valence electrons. The van der Waals surface area contributed by atoms with Crippen LogP contribution < -0.4 is 0 Å². The number of nitrogens with zero attached hydrogens (tertiary/aromatic N) is 1. The maximum Gasteiger partial charge on any atom is 0.354 e. The molecular weight excluding hydrogens is 312 g/mol. The zero-order valence-corrected chi connectivity index (χ0v) is 12.4. The van der Waals surface area contributed by atoms with Gasteiger partial charge in [0, 0.05) is 17.8 Å². The molecule has 0 unspecified atom stereocenters. The van der Waals surface area contributed by atoms with Gasteiger partial charge in [-0.3, -0.25) is 4.79 Å². The lowest BCUT2D eigenvalue weighted by Gasteiger charge is -2.28. The van der Waals surface area contributed by atoms with Crippen LogP contribution in [0, 0.1) is 0 Å². The first-order valence-corrected chi connectivity index (χ1v) is 6.89. The molecule has 1 aromatic rings. The molecule has 0 atom stereocenters. The number of Topliss-reactive ketones (excluding diaryl/α,β-unsaturated/α-hetero) is 1. The molecule has 19 heavy (non-hydrogen) atoms. The summed E-state index contributed by atoms with van der Waals surface area (Å²) in [5.74, 6) is -1.16. The van der Waals surface area contributed by atoms with E-state index in [2.05, 4.69) is 0 Å². The molecule has 1 fully saturated rings. The lowest BCUT2D eigenvalue weighted by atomic mass is 9.93. The molecule has 0 saturated heterocycles. The van der Waals surface area contributed by atoms with Crippen LogP contribution in [0.2, 0.25) is 0 Å². The lowest BCUT2D eigenvalue weighted by molar-refractivity contribution is 0.0582. The monoisotopic (exact) mass is 323 g/mol. The number of halogens is 3. The Balaban J connectivity index is 2.39. The molecule has 2 rings (SSSR count). The first-order valence-electron chi connectivity index (χ1n) is 5.76. The number of carbonyl (C=O) groups is 2.